The van der Waals surface area contributed by atoms with Gasteiger partial charge in [-0.15, -0.1) is 0 Å². The number of hydrogen-bond donors (Lipinski definition) is 1. The quantitative estimate of drug-likeness (QED) is 0.616. The summed E-state index contributed by atoms with van der Waals surface area (Å²) in [5.41, 5.74) is 0. The molecule has 0 bridgehead atoms. The van der Waals surface area contributed by atoms with Crippen molar-refractivity contribution in [3.8, 4) is 0 Å². The zero-order valence-corrected chi connectivity index (χ0v) is 7.75. The molecule has 1 aliphatic rings. The van der Waals surface area contributed by atoms with Crippen LogP contribution in [-0.2, 0) is 0 Å². The monoisotopic (exact) mass is 157 g/mol. The number of aliphatic hydroxyl groups excluding tert-OH is 1. The van der Waals surface area contributed by atoms with Crippen LogP contribution in [0.4, 0.5) is 0 Å². The van der Waals surface area contributed by atoms with Gasteiger partial charge in [0.15, 0.2) is 0 Å². The fourth-order valence-corrected chi connectivity index (χ4v) is 1.95. The van der Waals surface area contributed by atoms with Crippen LogP contribution in [0, 0.1) is 5.92 Å². The lowest BCUT2D eigenvalue weighted by Crippen LogP contribution is -2.38. The van der Waals surface area contributed by atoms with E-state index in [0.717, 1.165) is 12.8 Å². The molecule has 1 saturated carbocycles. The van der Waals surface area contributed by atoms with Crippen molar-refractivity contribution in [3.63, 3.8) is 0 Å². The van der Waals surface area contributed by atoms with Gasteiger partial charge in [-0.05, 0) is 39.3 Å². The zero-order chi connectivity index (χ0) is 8.43. The average molecular weight is 157 g/mol. The van der Waals surface area contributed by atoms with Crippen molar-refractivity contribution in [3.05, 3.63) is 0 Å². The second-order valence-corrected chi connectivity index (χ2v) is 4.08. The smallest absolute Gasteiger partial charge is 0.0557 e. The molecule has 1 aliphatic carbocycles. The molecule has 0 spiro atoms. The second-order valence-electron chi connectivity index (χ2n) is 4.08. The molecule has 0 heterocycles. The van der Waals surface area contributed by atoms with Gasteiger partial charge in [-0.3, -0.25) is 0 Å². The van der Waals surface area contributed by atoms with Crippen molar-refractivity contribution in [2.75, 3.05) is 14.1 Å². The van der Waals surface area contributed by atoms with Gasteiger partial charge in [0, 0.05) is 6.04 Å². The molecule has 2 heteroatoms. The first-order valence-electron chi connectivity index (χ1n) is 4.44. The molecule has 1 fully saturated rings. The highest BCUT2D eigenvalue weighted by Gasteiger charge is 2.25. The lowest BCUT2D eigenvalue weighted by atomic mass is 9.85. The van der Waals surface area contributed by atoms with Crippen LogP contribution in [0.3, 0.4) is 0 Å². The predicted molar refractivity (Wildman–Crippen MR) is 46.5 cm³/mol. The molecule has 1 N–H and O–H groups in total. The second kappa shape index (κ2) is 3.55. The Hall–Kier alpha value is -0.0800. The van der Waals surface area contributed by atoms with Gasteiger partial charge in [0.25, 0.3) is 0 Å². The van der Waals surface area contributed by atoms with Crippen molar-refractivity contribution in [1.82, 2.24) is 4.90 Å². The molecule has 0 aromatic rings. The van der Waals surface area contributed by atoms with Crippen molar-refractivity contribution in [2.45, 2.75) is 38.3 Å². The van der Waals surface area contributed by atoms with Gasteiger partial charge in [-0.25, -0.2) is 0 Å². The molecule has 3 atom stereocenters. The average Bonchev–Trinajstić information content (AvgIpc) is 1.85. The van der Waals surface area contributed by atoms with E-state index >= 15 is 0 Å². The predicted octanol–water partition coefficient (Wildman–Crippen LogP) is 1.10. The van der Waals surface area contributed by atoms with Gasteiger partial charge in [0.1, 0.15) is 0 Å². The molecular weight excluding hydrogens is 138 g/mol. The van der Waals surface area contributed by atoms with Gasteiger partial charge in [-0.2, -0.15) is 0 Å². The lowest BCUT2D eigenvalue weighted by Gasteiger charge is -2.34. The Morgan fingerprint density at radius 2 is 1.82 bits per heavy atom. The zero-order valence-electron chi connectivity index (χ0n) is 7.75. The maximum absolute atomic E-state index is 9.47. The third-order valence-corrected chi connectivity index (χ3v) is 2.62. The first kappa shape index (κ1) is 9.01. The van der Waals surface area contributed by atoms with Crippen LogP contribution in [0.5, 0.6) is 0 Å². The van der Waals surface area contributed by atoms with Crippen molar-refractivity contribution in [2.24, 2.45) is 5.92 Å². The Labute approximate surface area is 69.2 Å². The Morgan fingerprint density at radius 1 is 1.18 bits per heavy atom. The minimum Gasteiger partial charge on any atom is -0.393 e. The molecule has 3 unspecified atom stereocenters. The minimum absolute atomic E-state index is 0.0638. The van der Waals surface area contributed by atoms with E-state index in [4.69, 9.17) is 0 Å². The van der Waals surface area contributed by atoms with Gasteiger partial charge in [0.2, 0.25) is 0 Å². The first-order chi connectivity index (χ1) is 5.09. The Morgan fingerprint density at radius 3 is 2.27 bits per heavy atom. The van der Waals surface area contributed by atoms with E-state index in [1.54, 1.807) is 0 Å². The normalized spacial score (nSPS) is 39.5. The summed E-state index contributed by atoms with van der Waals surface area (Å²) >= 11 is 0. The molecule has 0 aromatic carbocycles. The van der Waals surface area contributed by atoms with Crippen LogP contribution in [0.1, 0.15) is 26.2 Å². The highest BCUT2D eigenvalue weighted by atomic mass is 16.3. The highest BCUT2D eigenvalue weighted by Crippen LogP contribution is 2.26. The number of aliphatic hydroxyl groups is 1. The summed E-state index contributed by atoms with van der Waals surface area (Å²) in [6.45, 7) is 2.22. The third kappa shape index (κ3) is 2.46. The van der Waals surface area contributed by atoms with Crippen LogP contribution in [0.2, 0.25) is 0 Å². The number of nitrogens with zero attached hydrogens (tertiary/aromatic N) is 1. The molecule has 0 radical (unpaired) electrons. The number of rotatable bonds is 1. The SMILES string of the molecule is CC1CC(O)CC(N(C)C)C1. The van der Waals surface area contributed by atoms with E-state index in [1.807, 2.05) is 0 Å². The van der Waals surface area contributed by atoms with Gasteiger partial charge in [-0.1, -0.05) is 6.92 Å². The summed E-state index contributed by atoms with van der Waals surface area (Å²) in [6.07, 6.45) is 3.12. The summed E-state index contributed by atoms with van der Waals surface area (Å²) in [5.74, 6) is 0.686. The van der Waals surface area contributed by atoms with E-state index in [0.29, 0.717) is 12.0 Å². The fraction of sp³-hybridized carbons (Fsp3) is 1.00. The molecule has 0 aliphatic heterocycles. The fourth-order valence-electron chi connectivity index (χ4n) is 1.95. The van der Waals surface area contributed by atoms with Crippen molar-refractivity contribution >= 4 is 0 Å². The van der Waals surface area contributed by atoms with Gasteiger partial charge >= 0.3 is 0 Å². The van der Waals surface area contributed by atoms with Crippen molar-refractivity contribution < 1.29 is 5.11 Å². The first-order valence-corrected chi connectivity index (χ1v) is 4.44. The van der Waals surface area contributed by atoms with Crippen LogP contribution in [-0.4, -0.2) is 36.2 Å². The van der Waals surface area contributed by atoms with Crippen LogP contribution < -0.4 is 0 Å². The van der Waals surface area contributed by atoms with E-state index in [-0.39, 0.29) is 6.10 Å². The van der Waals surface area contributed by atoms with E-state index in [9.17, 15) is 5.11 Å². The van der Waals surface area contributed by atoms with E-state index < -0.39 is 0 Å². The topological polar surface area (TPSA) is 23.5 Å². The van der Waals surface area contributed by atoms with E-state index in [2.05, 4.69) is 25.9 Å². The van der Waals surface area contributed by atoms with Crippen LogP contribution >= 0.6 is 0 Å². The minimum atomic E-state index is -0.0638. The standard InChI is InChI=1S/C9H19NO/c1-7-4-8(10(2)3)6-9(11)5-7/h7-9,11H,4-6H2,1-3H3. The van der Waals surface area contributed by atoms with E-state index in [1.165, 1.54) is 6.42 Å². The third-order valence-electron chi connectivity index (χ3n) is 2.62. The van der Waals surface area contributed by atoms with Crippen molar-refractivity contribution in [1.29, 1.82) is 0 Å². The molecule has 1 rings (SSSR count). The molecule has 11 heavy (non-hydrogen) atoms. The summed E-state index contributed by atoms with van der Waals surface area (Å²) in [6, 6.07) is 0.591. The Kier molecular flexibility index (Phi) is 2.90. The van der Waals surface area contributed by atoms with Gasteiger partial charge < -0.3 is 10.0 Å². The molecule has 66 valence electrons. The maximum atomic E-state index is 9.47. The summed E-state index contributed by atoms with van der Waals surface area (Å²) in [7, 11) is 4.19. The largest absolute Gasteiger partial charge is 0.393 e. The Balaban J connectivity index is 2.43. The summed E-state index contributed by atoms with van der Waals surface area (Å²) in [5, 5.41) is 9.47. The molecule has 0 aromatic heterocycles. The maximum Gasteiger partial charge on any atom is 0.0557 e. The molecule has 2 nitrogen and oxygen atoms in total. The van der Waals surface area contributed by atoms with Crippen LogP contribution in [0.15, 0.2) is 0 Å². The molecular formula is C9H19NO. The Bertz CT molecular complexity index is 115. The van der Waals surface area contributed by atoms with Gasteiger partial charge in [0.05, 0.1) is 6.10 Å². The molecule has 0 saturated heterocycles. The summed E-state index contributed by atoms with van der Waals surface area (Å²) in [4.78, 5) is 2.22. The van der Waals surface area contributed by atoms with Crippen LogP contribution in [0.25, 0.3) is 0 Å². The summed E-state index contributed by atoms with van der Waals surface area (Å²) < 4.78 is 0. The molecule has 0 amide bonds. The highest BCUT2D eigenvalue weighted by molar-refractivity contribution is 4.80. The lowest BCUT2D eigenvalue weighted by molar-refractivity contribution is 0.0577. The number of hydrogen-bond acceptors (Lipinski definition) is 2.